The summed E-state index contributed by atoms with van der Waals surface area (Å²) in [6.45, 7) is 4.91. The molecule has 0 aromatic rings. The topological polar surface area (TPSA) is 12.0 Å². The summed E-state index contributed by atoms with van der Waals surface area (Å²) in [5.41, 5.74) is 0. The molecule has 92 valence electrons. The highest BCUT2D eigenvalue weighted by Gasteiger charge is 2.43. The van der Waals surface area contributed by atoms with Crippen LogP contribution in [0.4, 0.5) is 0 Å². The third-order valence-corrected chi connectivity index (χ3v) is 6.81. The van der Waals surface area contributed by atoms with Crippen molar-refractivity contribution >= 4 is 11.8 Å². The van der Waals surface area contributed by atoms with Crippen molar-refractivity contribution in [3.8, 4) is 0 Å². The molecule has 1 N–H and O–H groups in total. The normalized spacial score (nSPS) is 52.9. The summed E-state index contributed by atoms with van der Waals surface area (Å²) in [4.78, 5) is 0. The van der Waals surface area contributed by atoms with E-state index < -0.39 is 0 Å². The van der Waals surface area contributed by atoms with Gasteiger partial charge in [-0.05, 0) is 37.5 Å². The zero-order valence-electron chi connectivity index (χ0n) is 10.6. The van der Waals surface area contributed by atoms with E-state index in [-0.39, 0.29) is 0 Å². The molecule has 2 saturated carbocycles. The van der Waals surface area contributed by atoms with Crippen LogP contribution in [0.25, 0.3) is 0 Å². The average Bonchev–Trinajstić information content (AvgIpc) is 2.28. The minimum atomic E-state index is 0.820. The molecule has 3 rings (SSSR count). The maximum Gasteiger partial charge on any atom is 0.0215 e. The molecule has 6 unspecified atom stereocenters. The van der Waals surface area contributed by atoms with Crippen LogP contribution < -0.4 is 5.32 Å². The molecule has 3 fully saturated rings. The van der Waals surface area contributed by atoms with Gasteiger partial charge in [0, 0.05) is 22.6 Å². The SMILES string of the molecule is CC1CCCC2SC3CCCC(C)C3NC12. The summed E-state index contributed by atoms with van der Waals surface area (Å²) in [6.07, 6.45) is 8.74. The van der Waals surface area contributed by atoms with Crippen molar-refractivity contribution < 1.29 is 0 Å². The van der Waals surface area contributed by atoms with Crippen molar-refractivity contribution in [1.82, 2.24) is 5.32 Å². The lowest BCUT2D eigenvalue weighted by Crippen LogP contribution is -2.60. The Bertz CT molecular complexity index is 231. The number of nitrogens with one attached hydrogen (secondary N) is 1. The molecule has 1 heterocycles. The average molecular weight is 239 g/mol. The second-order valence-corrected chi connectivity index (χ2v) is 7.73. The van der Waals surface area contributed by atoms with Crippen LogP contribution in [0.15, 0.2) is 0 Å². The molecule has 1 saturated heterocycles. The van der Waals surface area contributed by atoms with E-state index in [2.05, 4.69) is 30.9 Å². The fourth-order valence-corrected chi connectivity index (χ4v) is 6.12. The Morgan fingerprint density at radius 3 is 1.81 bits per heavy atom. The van der Waals surface area contributed by atoms with E-state index in [0.29, 0.717) is 0 Å². The van der Waals surface area contributed by atoms with Crippen LogP contribution in [0.5, 0.6) is 0 Å². The first-order chi connectivity index (χ1) is 7.75. The van der Waals surface area contributed by atoms with E-state index in [9.17, 15) is 0 Å². The molecule has 0 spiro atoms. The van der Waals surface area contributed by atoms with Gasteiger partial charge in [-0.1, -0.05) is 26.7 Å². The molecule has 0 amide bonds. The first-order valence-corrected chi connectivity index (χ1v) is 8.11. The largest absolute Gasteiger partial charge is 0.308 e. The number of fused-ring (bicyclic) bond motifs is 2. The second-order valence-electron chi connectivity index (χ2n) is 6.25. The molecule has 0 radical (unpaired) electrons. The van der Waals surface area contributed by atoms with E-state index in [1.165, 1.54) is 38.5 Å². The van der Waals surface area contributed by atoms with Crippen molar-refractivity contribution in [2.45, 2.75) is 75.0 Å². The lowest BCUT2D eigenvalue weighted by Gasteiger charge is -2.50. The van der Waals surface area contributed by atoms with Gasteiger partial charge in [0.05, 0.1) is 0 Å². The van der Waals surface area contributed by atoms with E-state index in [1.54, 1.807) is 0 Å². The standard InChI is InChI=1S/C14H25NS/c1-9-5-3-7-11-13(9)15-14-10(2)6-4-8-12(14)16-11/h9-15H,3-8H2,1-2H3. The van der Waals surface area contributed by atoms with Crippen LogP contribution in [-0.2, 0) is 0 Å². The van der Waals surface area contributed by atoms with Crippen molar-refractivity contribution in [3.05, 3.63) is 0 Å². The Morgan fingerprint density at radius 1 is 0.812 bits per heavy atom. The molecular weight excluding hydrogens is 214 g/mol. The first kappa shape index (κ1) is 11.4. The van der Waals surface area contributed by atoms with Gasteiger partial charge in [-0.2, -0.15) is 11.8 Å². The van der Waals surface area contributed by atoms with Crippen molar-refractivity contribution in [1.29, 1.82) is 0 Å². The summed E-state index contributed by atoms with van der Waals surface area (Å²) < 4.78 is 0. The minimum absolute atomic E-state index is 0.820. The maximum atomic E-state index is 4.04. The smallest absolute Gasteiger partial charge is 0.0215 e. The Kier molecular flexibility index (Phi) is 3.23. The zero-order chi connectivity index (χ0) is 11.1. The van der Waals surface area contributed by atoms with Gasteiger partial charge in [0.1, 0.15) is 0 Å². The highest BCUT2D eigenvalue weighted by Crippen LogP contribution is 2.44. The van der Waals surface area contributed by atoms with Gasteiger partial charge in [-0.25, -0.2) is 0 Å². The molecule has 16 heavy (non-hydrogen) atoms. The molecule has 2 heteroatoms. The van der Waals surface area contributed by atoms with E-state index in [0.717, 1.165) is 34.4 Å². The van der Waals surface area contributed by atoms with Crippen LogP contribution >= 0.6 is 11.8 Å². The fourth-order valence-electron chi connectivity index (χ4n) is 4.03. The molecule has 1 nitrogen and oxygen atoms in total. The van der Waals surface area contributed by atoms with Crippen LogP contribution in [0, 0.1) is 11.8 Å². The van der Waals surface area contributed by atoms with Crippen molar-refractivity contribution in [2.24, 2.45) is 11.8 Å². The van der Waals surface area contributed by atoms with Crippen LogP contribution in [0.3, 0.4) is 0 Å². The first-order valence-electron chi connectivity index (χ1n) is 7.17. The Hall–Kier alpha value is 0.310. The van der Waals surface area contributed by atoms with Crippen molar-refractivity contribution in [2.75, 3.05) is 0 Å². The van der Waals surface area contributed by atoms with Gasteiger partial charge in [0.2, 0.25) is 0 Å². The summed E-state index contributed by atoms with van der Waals surface area (Å²) in [5, 5.41) is 5.89. The quantitative estimate of drug-likeness (QED) is 0.695. The Labute approximate surface area is 104 Å². The summed E-state index contributed by atoms with van der Waals surface area (Å²) in [6, 6.07) is 1.64. The summed E-state index contributed by atoms with van der Waals surface area (Å²) in [7, 11) is 0. The molecule has 6 atom stereocenters. The second kappa shape index (κ2) is 4.53. The van der Waals surface area contributed by atoms with E-state index in [4.69, 9.17) is 0 Å². The van der Waals surface area contributed by atoms with E-state index >= 15 is 0 Å². The van der Waals surface area contributed by atoms with Crippen LogP contribution in [0.2, 0.25) is 0 Å². The lowest BCUT2D eigenvalue weighted by atomic mass is 9.80. The van der Waals surface area contributed by atoms with Crippen molar-refractivity contribution in [3.63, 3.8) is 0 Å². The number of thioether (sulfide) groups is 1. The molecular formula is C14H25NS. The van der Waals surface area contributed by atoms with Gasteiger partial charge in [-0.3, -0.25) is 0 Å². The number of hydrogen-bond acceptors (Lipinski definition) is 2. The summed E-state index contributed by atoms with van der Waals surface area (Å²) in [5.74, 6) is 1.81. The molecule has 1 aliphatic heterocycles. The highest BCUT2D eigenvalue weighted by molar-refractivity contribution is 8.00. The molecule has 3 aliphatic rings. The lowest BCUT2D eigenvalue weighted by molar-refractivity contribution is 0.195. The minimum Gasteiger partial charge on any atom is -0.308 e. The number of hydrogen-bond donors (Lipinski definition) is 1. The van der Waals surface area contributed by atoms with Gasteiger partial charge in [-0.15, -0.1) is 0 Å². The molecule has 0 aromatic carbocycles. The molecule has 0 aromatic heterocycles. The maximum absolute atomic E-state index is 4.04. The van der Waals surface area contributed by atoms with Crippen LogP contribution in [-0.4, -0.2) is 22.6 Å². The Morgan fingerprint density at radius 2 is 1.31 bits per heavy atom. The zero-order valence-corrected chi connectivity index (χ0v) is 11.4. The van der Waals surface area contributed by atoms with Gasteiger partial charge in [0.15, 0.2) is 0 Å². The molecule has 2 aliphatic carbocycles. The molecule has 0 bridgehead atoms. The third kappa shape index (κ3) is 1.92. The van der Waals surface area contributed by atoms with Gasteiger partial charge in [0.25, 0.3) is 0 Å². The van der Waals surface area contributed by atoms with E-state index in [1.807, 2.05) is 0 Å². The predicted octanol–water partition coefficient (Wildman–Crippen LogP) is 3.44. The highest BCUT2D eigenvalue weighted by atomic mass is 32.2. The monoisotopic (exact) mass is 239 g/mol. The van der Waals surface area contributed by atoms with Crippen LogP contribution in [0.1, 0.15) is 52.4 Å². The van der Waals surface area contributed by atoms with Gasteiger partial charge < -0.3 is 5.32 Å². The number of rotatable bonds is 0. The third-order valence-electron chi connectivity index (χ3n) is 5.06. The Balaban J connectivity index is 1.74. The van der Waals surface area contributed by atoms with Gasteiger partial charge >= 0.3 is 0 Å². The predicted molar refractivity (Wildman–Crippen MR) is 71.9 cm³/mol. The fraction of sp³-hybridized carbons (Fsp3) is 1.00. The summed E-state index contributed by atoms with van der Waals surface area (Å²) >= 11 is 2.34.